The van der Waals surface area contributed by atoms with E-state index in [1.54, 1.807) is 30.3 Å². The predicted molar refractivity (Wildman–Crippen MR) is 155 cm³/mol. The highest BCUT2D eigenvalue weighted by Gasteiger charge is 2.24. The van der Waals surface area contributed by atoms with Crippen LogP contribution in [0.15, 0.2) is 54.6 Å². The SMILES string of the molecule is Cc1ccc(C(=O)Oc2ccc(C(CNC(C)(C)C)CS(=O)(=O)O)cc2OC(=O)c2ccc(C)c(C)c2)cc1C. The maximum absolute atomic E-state index is 13.1. The summed E-state index contributed by atoms with van der Waals surface area (Å²) in [5, 5.41) is 3.25. The van der Waals surface area contributed by atoms with Crippen LogP contribution in [-0.4, -0.2) is 42.7 Å². The molecule has 2 N–H and O–H groups in total. The van der Waals surface area contributed by atoms with Crippen LogP contribution in [0.1, 0.15) is 75.2 Å². The maximum atomic E-state index is 13.1. The van der Waals surface area contributed by atoms with Crippen molar-refractivity contribution in [1.82, 2.24) is 5.32 Å². The number of aryl methyl sites for hydroxylation is 4. The minimum Gasteiger partial charge on any atom is -0.419 e. The summed E-state index contributed by atoms with van der Waals surface area (Å²) in [6.07, 6.45) is 0. The molecule has 8 nitrogen and oxygen atoms in total. The van der Waals surface area contributed by atoms with Gasteiger partial charge in [0.05, 0.1) is 16.9 Å². The topological polar surface area (TPSA) is 119 Å². The van der Waals surface area contributed by atoms with Crippen LogP contribution in [0.25, 0.3) is 0 Å². The Morgan fingerprint density at radius 1 is 0.775 bits per heavy atom. The zero-order valence-corrected chi connectivity index (χ0v) is 24.8. The Morgan fingerprint density at radius 2 is 1.27 bits per heavy atom. The molecule has 214 valence electrons. The van der Waals surface area contributed by atoms with E-state index in [-0.39, 0.29) is 23.6 Å². The van der Waals surface area contributed by atoms with Gasteiger partial charge < -0.3 is 14.8 Å². The van der Waals surface area contributed by atoms with Crippen molar-refractivity contribution in [1.29, 1.82) is 0 Å². The van der Waals surface area contributed by atoms with Gasteiger partial charge in [0.1, 0.15) is 0 Å². The van der Waals surface area contributed by atoms with E-state index in [1.165, 1.54) is 12.1 Å². The van der Waals surface area contributed by atoms with Crippen molar-refractivity contribution in [2.24, 2.45) is 0 Å². The van der Waals surface area contributed by atoms with Gasteiger partial charge in [0, 0.05) is 18.0 Å². The van der Waals surface area contributed by atoms with Crippen molar-refractivity contribution in [3.05, 3.63) is 93.5 Å². The molecule has 0 aliphatic heterocycles. The number of carbonyl (C=O) groups excluding carboxylic acids is 2. The van der Waals surface area contributed by atoms with Crippen LogP contribution in [0, 0.1) is 27.7 Å². The Balaban J connectivity index is 2.03. The van der Waals surface area contributed by atoms with Gasteiger partial charge >= 0.3 is 11.9 Å². The fourth-order valence-electron chi connectivity index (χ4n) is 3.95. The molecule has 0 radical (unpaired) electrons. The van der Waals surface area contributed by atoms with E-state index < -0.39 is 33.7 Å². The second-order valence-electron chi connectivity index (χ2n) is 11.2. The largest absolute Gasteiger partial charge is 0.419 e. The lowest BCUT2D eigenvalue weighted by Crippen LogP contribution is -2.39. The summed E-state index contributed by atoms with van der Waals surface area (Å²) in [7, 11) is -4.33. The number of hydrogen-bond acceptors (Lipinski definition) is 7. The van der Waals surface area contributed by atoms with Crippen molar-refractivity contribution in [2.75, 3.05) is 12.3 Å². The number of hydrogen-bond donors (Lipinski definition) is 2. The molecule has 0 heterocycles. The van der Waals surface area contributed by atoms with Crippen LogP contribution in [0.5, 0.6) is 11.5 Å². The Labute approximate surface area is 236 Å². The molecule has 0 aliphatic rings. The summed E-state index contributed by atoms with van der Waals surface area (Å²) in [5.74, 6) is -2.58. The second kappa shape index (κ2) is 12.3. The molecule has 1 unspecified atom stereocenters. The molecule has 0 saturated carbocycles. The third-order valence-electron chi connectivity index (χ3n) is 6.62. The first-order valence-corrected chi connectivity index (χ1v) is 14.6. The van der Waals surface area contributed by atoms with Crippen molar-refractivity contribution < 1.29 is 32.0 Å². The Bertz CT molecular complexity index is 1520. The van der Waals surface area contributed by atoms with E-state index in [4.69, 9.17) is 9.47 Å². The number of benzene rings is 3. The maximum Gasteiger partial charge on any atom is 0.343 e. The molecule has 3 aromatic carbocycles. The number of nitrogens with one attached hydrogen (secondary N) is 1. The second-order valence-corrected chi connectivity index (χ2v) is 12.7. The Morgan fingerprint density at radius 3 is 1.73 bits per heavy atom. The molecule has 0 spiro atoms. The summed E-state index contributed by atoms with van der Waals surface area (Å²) < 4.78 is 44.7. The molecule has 1 atom stereocenters. The average Bonchev–Trinajstić information content (AvgIpc) is 2.84. The molecule has 3 aromatic rings. The van der Waals surface area contributed by atoms with Gasteiger partial charge in [-0.3, -0.25) is 4.55 Å². The number of rotatable bonds is 9. The highest BCUT2D eigenvalue weighted by atomic mass is 32.2. The van der Waals surface area contributed by atoms with E-state index in [0.717, 1.165) is 22.3 Å². The van der Waals surface area contributed by atoms with E-state index in [0.29, 0.717) is 16.7 Å². The van der Waals surface area contributed by atoms with Crippen LogP contribution in [0.2, 0.25) is 0 Å². The lowest BCUT2D eigenvalue weighted by Gasteiger charge is -2.25. The van der Waals surface area contributed by atoms with E-state index in [1.807, 2.05) is 60.6 Å². The normalized spacial score (nSPS) is 12.6. The summed E-state index contributed by atoms with van der Waals surface area (Å²) in [6.45, 7) is 13.7. The average molecular weight is 568 g/mol. The summed E-state index contributed by atoms with van der Waals surface area (Å²) in [6, 6.07) is 14.9. The molecule has 40 heavy (non-hydrogen) atoms. The lowest BCUT2D eigenvalue weighted by molar-refractivity contribution is 0.0682. The van der Waals surface area contributed by atoms with E-state index in [9.17, 15) is 22.6 Å². The highest BCUT2D eigenvalue weighted by Crippen LogP contribution is 2.33. The third kappa shape index (κ3) is 8.74. The van der Waals surface area contributed by atoms with Gasteiger partial charge in [-0.15, -0.1) is 0 Å². The molecule has 0 aliphatic carbocycles. The van der Waals surface area contributed by atoms with Crippen LogP contribution in [-0.2, 0) is 10.1 Å². The Hall–Kier alpha value is -3.53. The molecule has 0 fully saturated rings. The molecule has 0 saturated heterocycles. The zero-order chi connectivity index (χ0) is 29.8. The van der Waals surface area contributed by atoms with Crippen LogP contribution in [0.3, 0.4) is 0 Å². The van der Waals surface area contributed by atoms with Crippen molar-refractivity contribution in [3.8, 4) is 11.5 Å². The molecule has 0 amide bonds. The van der Waals surface area contributed by atoms with Gasteiger partial charge in [-0.2, -0.15) is 8.42 Å². The molecule has 0 aromatic heterocycles. The number of carbonyl (C=O) groups is 2. The molecule has 9 heteroatoms. The van der Waals surface area contributed by atoms with Crippen molar-refractivity contribution >= 4 is 22.1 Å². The first-order chi connectivity index (χ1) is 18.5. The van der Waals surface area contributed by atoms with Gasteiger partial charge in [-0.1, -0.05) is 18.2 Å². The molecular formula is C31H37NO7S. The van der Waals surface area contributed by atoms with Crippen LogP contribution < -0.4 is 14.8 Å². The van der Waals surface area contributed by atoms with Crippen LogP contribution in [0.4, 0.5) is 0 Å². The smallest absolute Gasteiger partial charge is 0.343 e. The first-order valence-electron chi connectivity index (χ1n) is 13.0. The summed E-state index contributed by atoms with van der Waals surface area (Å²) >= 11 is 0. The number of ether oxygens (including phenoxy) is 2. The quantitative estimate of drug-likeness (QED) is 0.192. The first kappa shape index (κ1) is 31.0. The number of esters is 2. The molecule has 0 bridgehead atoms. The fourth-order valence-corrected chi connectivity index (χ4v) is 4.77. The standard InChI is InChI=1S/C31H37NO7S/c1-19-8-10-24(14-21(19)3)29(33)38-27-13-12-23(26(18-40(35,36)37)17-32-31(5,6)7)16-28(27)39-30(34)25-11-9-20(2)22(4)15-25/h8-16,26,32H,17-18H2,1-7H3,(H,35,36,37). The summed E-state index contributed by atoms with van der Waals surface area (Å²) in [5.41, 5.74) is 4.66. The minimum absolute atomic E-state index is 0.00134. The molecule has 3 rings (SSSR count). The van der Waals surface area contributed by atoms with E-state index in [2.05, 4.69) is 5.32 Å². The van der Waals surface area contributed by atoms with Gasteiger partial charge in [-0.25, -0.2) is 9.59 Å². The van der Waals surface area contributed by atoms with Gasteiger partial charge in [0.25, 0.3) is 10.1 Å². The van der Waals surface area contributed by atoms with Gasteiger partial charge in [-0.05, 0) is 113 Å². The van der Waals surface area contributed by atoms with Gasteiger partial charge in [0.2, 0.25) is 0 Å². The van der Waals surface area contributed by atoms with Crippen molar-refractivity contribution in [3.63, 3.8) is 0 Å². The molecular weight excluding hydrogens is 530 g/mol. The monoisotopic (exact) mass is 567 g/mol. The minimum atomic E-state index is -4.33. The third-order valence-corrected chi connectivity index (χ3v) is 7.44. The summed E-state index contributed by atoms with van der Waals surface area (Å²) in [4.78, 5) is 26.1. The van der Waals surface area contributed by atoms with E-state index >= 15 is 0 Å². The predicted octanol–water partition coefficient (Wildman–Crippen LogP) is 5.72. The zero-order valence-electron chi connectivity index (χ0n) is 24.0. The van der Waals surface area contributed by atoms with Crippen molar-refractivity contribution in [2.45, 2.75) is 59.9 Å². The lowest BCUT2D eigenvalue weighted by atomic mass is 9.98. The van der Waals surface area contributed by atoms with Crippen LogP contribution >= 0.6 is 0 Å². The Kier molecular flexibility index (Phi) is 9.56. The highest BCUT2D eigenvalue weighted by molar-refractivity contribution is 7.85. The van der Waals surface area contributed by atoms with Gasteiger partial charge in [0.15, 0.2) is 11.5 Å². The fraction of sp³-hybridized carbons (Fsp3) is 0.355.